The Kier molecular flexibility index (Phi) is 6.34. The van der Waals surface area contributed by atoms with E-state index in [1.54, 1.807) is 19.1 Å². The second-order valence-electron chi connectivity index (χ2n) is 9.55. The molecule has 196 valence electrons. The number of aliphatic hydroxyl groups is 5. The third kappa shape index (κ3) is 4.19. The van der Waals surface area contributed by atoms with Crippen LogP contribution in [0.3, 0.4) is 0 Å². The molecule has 6 N–H and O–H groups in total. The zero-order chi connectivity index (χ0) is 25.8. The average Bonchev–Trinajstić information content (AvgIpc) is 3.49. The molecule has 2 saturated heterocycles. The Morgan fingerprint density at radius 3 is 2.53 bits per heavy atom. The molecule has 1 saturated carbocycles. The van der Waals surface area contributed by atoms with E-state index >= 15 is 0 Å². The summed E-state index contributed by atoms with van der Waals surface area (Å²) in [6, 6.07) is 6.10. The molecule has 0 radical (unpaired) electrons. The number of rotatable bonds is 6. The molecule has 12 heteroatoms. The molecule has 0 aromatic heterocycles. The summed E-state index contributed by atoms with van der Waals surface area (Å²) in [4.78, 5) is 12.1. The molecule has 3 aliphatic heterocycles. The predicted molar refractivity (Wildman–Crippen MR) is 118 cm³/mol. The van der Waals surface area contributed by atoms with Gasteiger partial charge in [0.25, 0.3) is 0 Å². The van der Waals surface area contributed by atoms with Crippen LogP contribution in [0.15, 0.2) is 42.7 Å². The number of ether oxygens (including phenoxy) is 5. The zero-order valence-corrected chi connectivity index (χ0v) is 19.2. The third-order valence-electron chi connectivity index (χ3n) is 7.22. The molecule has 0 spiro atoms. The second kappa shape index (κ2) is 9.08. The Hall–Kier alpha value is -2.55. The number of hydrogen-bond acceptors (Lipinski definition) is 12. The number of benzene rings is 1. The van der Waals surface area contributed by atoms with Gasteiger partial charge in [0.1, 0.15) is 60.2 Å². The molecule has 1 aromatic rings. The normalized spacial score (nSPS) is 45.1. The minimum Gasteiger partial charge on any atom is -0.508 e. The number of esters is 1. The summed E-state index contributed by atoms with van der Waals surface area (Å²) >= 11 is 0. The summed E-state index contributed by atoms with van der Waals surface area (Å²) in [6.45, 7) is 1.22. The number of carbonyl (C=O) groups excluding carboxylic acids is 1. The van der Waals surface area contributed by atoms with Crippen LogP contribution in [-0.4, -0.2) is 104 Å². The largest absolute Gasteiger partial charge is 0.508 e. The van der Waals surface area contributed by atoms with Crippen LogP contribution in [0.2, 0.25) is 0 Å². The topological polar surface area (TPSA) is 188 Å². The molecule has 36 heavy (non-hydrogen) atoms. The van der Waals surface area contributed by atoms with Crippen molar-refractivity contribution in [3.05, 3.63) is 48.2 Å². The molecule has 3 fully saturated rings. The molecule has 3 heterocycles. The van der Waals surface area contributed by atoms with Crippen LogP contribution >= 0.6 is 0 Å². The fourth-order valence-electron chi connectivity index (χ4n) is 5.12. The Balaban J connectivity index is 1.22. The maximum atomic E-state index is 12.1. The monoisotopic (exact) mass is 508 g/mol. The van der Waals surface area contributed by atoms with Crippen LogP contribution in [0, 0.1) is 5.92 Å². The summed E-state index contributed by atoms with van der Waals surface area (Å²) in [7, 11) is 0. The smallest absolute Gasteiger partial charge is 0.330 e. The molecule has 5 unspecified atom stereocenters. The van der Waals surface area contributed by atoms with Crippen molar-refractivity contribution in [1.29, 1.82) is 0 Å². The first-order valence-corrected chi connectivity index (χ1v) is 11.4. The van der Waals surface area contributed by atoms with E-state index in [9.17, 15) is 35.4 Å². The van der Waals surface area contributed by atoms with Crippen molar-refractivity contribution in [3.63, 3.8) is 0 Å². The highest BCUT2D eigenvalue weighted by molar-refractivity contribution is 5.87. The van der Waals surface area contributed by atoms with Crippen LogP contribution in [-0.2, 0) is 28.5 Å². The zero-order valence-electron chi connectivity index (χ0n) is 19.2. The van der Waals surface area contributed by atoms with Gasteiger partial charge in [0.15, 0.2) is 6.29 Å². The molecule has 1 aliphatic carbocycles. The number of carbonyl (C=O) groups is 1. The van der Waals surface area contributed by atoms with Crippen molar-refractivity contribution < 1.29 is 59.1 Å². The van der Waals surface area contributed by atoms with Gasteiger partial charge in [-0.15, -0.1) is 0 Å². The molecular weight excluding hydrogens is 480 g/mol. The minimum atomic E-state index is -1.70. The number of aromatic hydroxyl groups is 1. The van der Waals surface area contributed by atoms with Gasteiger partial charge in [0, 0.05) is 6.08 Å². The Labute approximate surface area is 205 Å². The maximum Gasteiger partial charge on any atom is 0.330 e. The first-order valence-electron chi connectivity index (χ1n) is 11.4. The Morgan fingerprint density at radius 2 is 1.81 bits per heavy atom. The summed E-state index contributed by atoms with van der Waals surface area (Å²) in [5.74, 6) is -1.55. The lowest BCUT2D eigenvalue weighted by Crippen LogP contribution is -2.62. The van der Waals surface area contributed by atoms with Crippen LogP contribution in [0.5, 0.6) is 5.75 Å². The number of aliphatic hydroxyl groups excluding tert-OH is 4. The van der Waals surface area contributed by atoms with E-state index < -0.39 is 78.9 Å². The summed E-state index contributed by atoms with van der Waals surface area (Å²) < 4.78 is 27.5. The maximum absolute atomic E-state index is 12.1. The minimum absolute atomic E-state index is 0.0812. The molecule has 11 atom stereocenters. The fourth-order valence-corrected chi connectivity index (χ4v) is 5.12. The third-order valence-corrected chi connectivity index (χ3v) is 7.22. The number of phenols is 1. The van der Waals surface area contributed by atoms with E-state index in [1.807, 2.05) is 0 Å². The predicted octanol–water partition coefficient (Wildman–Crippen LogP) is -1.48. The fraction of sp³-hybridized carbons (Fsp3) is 0.542. The highest BCUT2D eigenvalue weighted by Gasteiger charge is 2.79. The van der Waals surface area contributed by atoms with Crippen molar-refractivity contribution >= 4 is 12.0 Å². The lowest BCUT2D eigenvalue weighted by molar-refractivity contribution is -0.350. The van der Waals surface area contributed by atoms with Gasteiger partial charge < -0.3 is 54.3 Å². The number of phenolic OH excluding ortho intramolecular Hbond substituents is 1. The first kappa shape index (κ1) is 25.1. The Morgan fingerprint density at radius 1 is 1.08 bits per heavy atom. The molecular formula is C24H28O12. The van der Waals surface area contributed by atoms with Gasteiger partial charge in [-0.1, -0.05) is 12.1 Å². The summed E-state index contributed by atoms with van der Waals surface area (Å²) in [5.41, 5.74) is -2.00. The number of fused-ring (bicyclic) bond motifs is 3. The highest BCUT2D eigenvalue weighted by atomic mass is 16.8. The van der Waals surface area contributed by atoms with Crippen molar-refractivity contribution in [3.8, 4) is 5.75 Å². The van der Waals surface area contributed by atoms with Crippen molar-refractivity contribution in [2.75, 3.05) is 6.61 Å². The van der Waals surface area contributed by atoms with Gasteiger partial charge in [-0.05, 0) is 36.8 Å². The van der Waals surface area contributed by atoms with Crippen LogP contribution < -0.4 is 0 Å². The van der Waals surface area contributed by atoms with Crippen LogP contribution in [0.25, 0.3) is 6.08 Å². The van der Waals surface area contributed by atoms with Gasteiger partial charge in [-0.2, -0.15) is 0 Å². The number of epoxide rings is 1. The summed E-state index contributed by atoms with van der Waals surface area (Å²) in [6.07, 6.45) is -5.78. The lowest BCUT2D eigenvalue weighted by Gasteiger charge is -2.45. The quantitative estimate of drug-likeness (QED) is 0.149. The SMILES string of the molecule is C[C@]12O[C@H]1[C@H](O)[C@]1(O)C=CO[C@@H](OC3OC(COC(=O)/C=C\c4ccc(O)cc4)C(O)C(O)C3O)[C@@H]12. The number of hydrogen-bond donors (Lipinski definition) is 6. The van der Waals surface area contributed by atoms with E-state index in [-0.39, 0.29) is 5.75 Å². The van der Waals surface area contributed by atoms with Crippen LogP contribution in [0.1, 0.15) is 12.5 Å². The second-order valence-corrected chi connectivity index (χ2v) is 9.55. The Bertz CT molecular complexity index is 1040. The van der Waals surface area contributed by atoms with E-state index in [0.717, 1.165) is 6.08 Å². The molecule has 12 nitrogen and oxygen atoms in total. The van der Waals surface area contributed by atoms with Gasteiger partial charge in [-0.25, -0.2) is 4.79 Å². The van der Waals surface area contributed by atoms with Gasteiger partial charge >= 0.3 is 5.97 Å². The molecule has 1 aromatic carbocycles. The molecule has 4 aliphatic rings. The molecule has 0 amide bonds. The lowest BCUT2D eigenvalue weighted by atomic mass is 9.82. The first-order chi connectivity index (χ1) is 17.0. The standard InChI is InChI=1S/C24H28O12/c1-23-18-22(32-9-8-24(18,31)19(30)20(23)36-23)35-21-17(29)16(28)15(27)13(34-21)10-33-14(26)7-4-11-2-5-12(25)6-3-11/h2-9,13,15-22,25,27-31H,10H2,1H3/b7-4-/t13?,15?,16?,17?,18-,19+,20+,21?,22+,23-,24+/m1/s1. The average molecular weight is 508 g/mol. The molecule has 0 bridgehead atoms. The van der Waals surface area contributed by atoms with Gasteiger partial charge in [0.05, 0.1) is 12.2 Å². The highest BCUT2D eigenvalue weighted by Crippen LogP contribution is 2.61. The van der Waals surface area contributed by atoms with E-state index in [2.05, 4.69) is 0 Å². The van der Waals surface area contributed by atoms with Crippen molar-refractivity contribution in [2.24, 2.45) is 5.92 Å². The van der Waals surface area contributed by atoms with Gasteiger partial charge in [-0.3, -0.25) is 0 Å². The van der Waals surface area contributed by atoms with Crippen LogP contribution in [0.4, 0.5) is 0 Å². The van der Waals surface area contributed by atoms with E-state index in [1.165, 1.54) is 30.5 Å². The van der Waals surface area contributed by atoms with Crippen molar-refractivity contribution in [1.82, 2.24) is 0 Å². The van der Waals surface area contributed by atoms with Crippen molar-refractivity contribution in [2.45, 2.75) is 67.3 Å². The van der Waals surface area contributed by atoms with E-state index in [0.29, 0.717) is 5.56 Å². The van der Waals surface area contributed by atoms with E-state index in [4.69, 9.17) is 23.7 Å². The summed E-state index contributed by atoms with van der Waals surface area (Å²) in [5, 5.41) is 61.9. The molecule has 5 rings (SSSR count). The van der Waals surface area contributed by atoms with Gasteiger partial charge in [0.2, 0.25) is 6.29 Å².